The molecule has 0 aliphatic heterocycles. The third-order valence-corrected chi connectivity index (χ3v) is 2.05. The van der Waals surface area contributed by atoms with Crippen LogP contribution in [0.1, 0.15) is 13.3 Å². The van der Waals surface area contributed by atoms with Gasteiger partial charge in [-0.3, -0.25) is 5.01 Å². The summed E-state index contributed by atoms with van der Waals surface area (Å²) in [5.41, 5.74) is 0. The summed E-state index contributed by atoms with van der Waals surface area (Å²) < 4.78 is 5.57. The Labute approximate surface area is 97.0 Å². The minimum atomic E-state index is 0.688. The van der Waals surface area contributed by atoms with Crippen molar-refractivity contribution in [3.8, 4) is 5.75 Å². The van der Waals surface area contributed by atoms with Crippen molar-refractivity contribution in [2.24, 2.45) is 5.10 Å². The summed E-state index contributed by atoms with van der Waals surface area (Å²) in [6.07, 6.45) is 4.75. The molecule has 1 aromatic carbocycles. The van der Waals surface area contributed by atoms with E-state index in [-0.39, 0.29) is 0 Å². The third kappa shape index (κ3) is 4.64. The van der Waals surface area contributed by atoms with Crippen molar-refractivity contribution in [3.63, 3.8) is 0 Å². The van der Waals surface area contributed by atoms with E-state index in [1.54, 1.807) is 5.01 Å². The summed E-state index contributed by atoms with van der Waals surface area (Å²) in [6.45, 7) is 6.97. The maximum atomic E-state index is 5.57. The molecular formula is C13H18N2O. The Balaban J connectivity index is 2.19. The van der Waals surface area contributed by atoms with Gasteiger partial charge in [0.2, 0.25) is 0 Å². The molecule has 0 aliphatic carbocycles. The quantitative estimate of drug-likeness (QED) is 0.399. The highest BCUT2D eigenvalue weighted by atomic mass is 16.5. The summed E-state index contributed by atoms with van der Waals surface area (Å²) in [5, 5.41) is 5.66. The molecule has 0 spiro atoms. The molecule has 0 unspecified atom stereocenters. The van der Waals surface area contributed by atoms with Crippen LogP contribution in [0.5, 0.6) is 5.75 Å². The zero-order valence-electron chi connectivity index (χ0n) is 9.67. The van der Waals surface area contributed by atoms with Gasteiger partial charge in [-0.05, 0) is 19.1 Å². The first kappa shape index (κ1) is 12.3. The molecule has 0 bridgehead atoms. The minimum absolute atomic E-state index is 0.688. The van der Waals surface area contributed by atoms with Crippen molar-refractivity contribution in [3.05, 3.63) is 42.6 Å². The van der Waals surface area contributed by atoms with E-state index in [0.29, 0.717) is 6.61 Å². The van der Waals surface area contributed by atoms with E-state index >= 15 is 0 Å². The van der Waals surface area contributed by atoms with Crippen molar-refractivity contribution in [2.45, 2.75) is 13.3 Å². The molecule has 0 amide bonds. The van der Waals surface area contributed by atoms with Gasteiger partial charge in [0, 0.05) is 25.9 Å². The number of rotatable bonds is 7. The van der Waals surface area contributed by atoms with E-state index in [1.807, 2.05) is 49.5 Å². The molecule has 0 N–H and O–H groups in total. The predicted octanol–water partition coefficient (Wildman–Crippen LogP) is 2.91. The molecule has 0 fully saturated rings. The molecular weight excluding hydrogens is 200 g/mol. The first-order chi connectivity index (χ1) is 7.86. The molecule has 0 aliphatic rings. The van der Waals surface area contributed by atoms with Crippen LogP contribution in [0.4, 0.5) is 0 Å². The van der Waals surface area contributed by atoms with Crippen molar-refractivity contribution in [1.29, 1.82) is 0 Å². The van der Waals surface area contributed by atoms with Gasteiger partial charge in [-0.1, -0.05) is 24.3 Å². The predicted molar refractivity (Wildman–Crippen MR) is 67.6 cm³/mol. The number of para-hydroxylation sites is 1. The summed E-state index contributed by atoms with van der Waals surface area (Å²) in [7, 11) is 0. The number of hydrogen-bond donors (Lipinski definition) is 0. The molecule has 3 nitrogen and oxygen atoms in total. The van der Waals surface area contributed by atoms with Crippen LogP contribution < -0.4 is 4.74 Å². The van der Waals surface area contributed by atoms with E-state index in [9.17, 15) is 0 Å². The molecule has 0 aromatic heterocycles. The van der Waals surface area contributed by atoms with Gasteiger partial charge < -0.3 is 4.74 Å². The van der Waals surface area contributed by atoms with Gasteiger partial charge in [0.25, 0.3) is 0 Å². The summed E-state index contributed by atoms with van der Waals surface area (Å²) in [6, 6.07) is 9.81. The van der Waals surface area contributed by atoms with Gasteiger partial charge in [-0.15, -0.1) is 0 Å². The number of hydrogen-bond acceptors (Lipinski definition) is 3. The van der Waals surface area contributed by atoms with Crippen LogP contribution >= 0.6 is 0 Å². The lowest BCUT2D eigenvalue weighted by atomic mass is 10.3. The fraction of sp³-hybridized carbons (Fsp3) is 0.308. The molecule has 0 saturated carbocycles. The number of ether oxygens (including phenoxy) is 1. The van der Waals surface area contributed by atoms with E-state index in [4.69, 9.17) is 4.74 Å². The molecule has 86 valence electrons. The molecule has 0 radical (unpaired) electrons. The third-order valence-electron chi connectivity index (χ3n) is 2.05. The smallest absolute Gasteiger partial charge is 0.119 e. The second-order valence-electron chi connectivity index (χ2n) is 3.30. The highest BCUT2D eigenvalue weighted by Crippen LogP contribution is 2.08. The maximum Gasteiger partial charge on any atom is 0.119 e. The van der Waals surface area contributed by atoms with Gasteiger partial charge in [-0.2, -0.15) is 5.10 Å². The zero-order valence-corrected chi connectivity index (χ0v) is 9.67. The molecule has 1 rings (SSSR count). The minimum Gasteiger partial charge on any atom is -0.494 e. The second kappa shape index (κ2) is 7.51. The lowest BCUT2D eigenvalue weighted by Gasteiger charge is -2.13. The zero-order chi connectivity index (χ0) is 11.6. The number of benzene rings is 1. The van der Waals surface area contributed by atoms with Crippen LogP contribution in [0.2, 0.25) is 0 Å². The Morgan fingerprint density at radius 2 is 2.12 bits per heavy atom. The van der Waals surface area contributed by atoms with E-state index < -0.39 is 0 Å². The molecule has 0 heterocycles. The second-order valence-corrected chi connectivity index (χ2v) is 3.30. The normalized spacial score (nSPS) is 10.3. The van der Waals surface area contributed by atoms with Crippen LogP contribution in [-0.4, -0.2) is 24.9 Å². The molecule has 16 heavy (non-hydrogen) atoms. The first-order valence-electron chi connectivity index (χ1n) is 5.40. The highest BCUT2D eigenvalue weighted by molar-refractivity contribution is 5.22. The Morgan fingerprint density at radius 3 is 2.75 bits per heavy atom. The molecule has 3 heteroatoms. The van der Waals surface area contributed by atoms with Crippen molar-refractivity contribution < 1.29 is 4.74 Å². The van der Waals surface area contributed by atoms with Gasteiger partial charge in [0.05, 0.1) is 6.61 Å². The summed E-state index contributed by atoms with van der Waals surface area (Å²) in [5.74, 6) is 0.909. The van der Waals surface area contributed by atoms with Crippen LogP contribution in [0.15, 0.2) is 47.7 Å². The molecule has 0 atom stereocenters. The van der Waals surface area contributed by atoms with Gasteiger partial charge in [0.1, 0.15) is 5.75 Å². The highest BCUT2D eigenvalue weighted by Gasteiger charge is 1.95. The standard InChI is InChI=1S/C13H18N2O/c1-3-10-15(14-2)11-7-12-16-13-8-5-4-6-9-13/h3-6,8-10H,2,7,11-12H2,1H3/b10-3-. The largest absolute Gasteiger partial charge is 0.494 e. The van der Waals surface area contributed by atoms with Crippen LogP contribution in [0, 0.1) is 0 Å². The van der Waals surface area contributed by atoms with E-state index in [2.05, 4.69) is 11.8 Å². The SMILES string of the molecule is C=NN(/C=C\C)CCCOc1ccccc1. The Morgan fingerprint density at radius 1 is 1.38 bits per heavy atom. The van der Waals surface area contributed by atoms with Crippen molar-refractivity contribution in [2.75, 3.05) is 13.2 Å². The monoisotopic (exact) mass is 218 g/mol. The lowest BCUT2D eigenvalue weighted by Crippen LogP contribution is -2.13. The summed E-state index contributed by atoms with van der Waals surface area (Å²) >= 11 is 0. The maximum absolute atomic E-state index is 5.57. The Bertz CT molecular complexity index is 322. The topological polar surface area (TPSA) is 24.8 Å². The molecule has 0 saturated heterocycles. The number of hydrazone groups is 1. The lowest BCUT2D eigenvalue weighted by molar-refractivity contribution is 0.280. The van der Waals surface area contributed by atoms with Crippen molar-refractivity contribution in [1.82, 2.24) is 5.01 Å². The van der Waals surface area contributed by atoms with Gasteiger partial charge >= 0.3 is 0 Å². The average molecular weight is 218 g/mol. The fourth-order valence-electron chi connectivity index (χ4n) is 1.30. The van der Waals surface area contributed by atoms with Crippen molar-refractivity contribution >= 4 is 6.72 Å². The van der Waals surface area contributed by atoms with E-state index in [0.717, 1.165) is 18.7 Å². The van der Waals surface area contributed by atoms with Crippen LogP contribution in [0.3, 0.4) is 0 Å². The Hall–Kier alpha value is -1.77. The summed E-state index contributed by atoms with van der Waals surface area (Å²) in [4.78, 5) is 0. The van der Waals surface area contributed by atoms with Gasteiger partial charge in [0.15, 0.2) is 0 Å². The van der Waals surface area contributed by atoms with Gasteiger partial charge in [-0.25, -0.2) is 0 Å². The first-order valence-corrected chi connectivity index (χ1v) is 5.40. The van der Waals surface area contributed by atoms with Crippen LogP contribution in [-0.2, 0) is 0 Å². The average Bonchev–Trinajstić information content (AvgIpc) is 2.34. The van der Waals surface area contributed by atoms with E-state index in [1.165, 1.54) is 0 Å². The Kier molecular flexibility index (Phi) is 5.78. The van der Waals surface area contributed by atoms with Crippen LogP contribution in [0.25, 0.3) is 0 Å². The number of nitrogens with zero attached hydrogens (tertiary/aromatic N) is 2. The molecule has 1 aromatic rings. The number of allylic oxidation sites excluding steroid dienone is 1. The fourth-order valence-corrected chi connectivity index (χ4v) is 1.30.